The fourth-order valence-corrected chi connectivity index (χ4v) is 2.62. The lowest BCUT2D eigenvalue weighted by molar-refractivity contribution is -0.160. The predicted octanol–water partition coefficient (Wildman–Crippen LogP) is 1.01. The molecular weight excluding hydrogens is 168 g/mol. The zero-order valence-electron chi connectivity index (χ0n) is 8.32. The van der Waals surface area contributed by atoms with E-state index in [-0.39, 0.29) is 30.0 Å². The third-order valence-corrected chi connectivity index (χ3v) is 3.32. The average Bonchev–Trinajstić information content (AvgIpc) is 2.44. The van der Waals surface area contributed by atoms with E-state index in [9.17, 15) is 4.79 Å². The average molecular weight is 184 g/mol. The van der Waals surface area contributed by atoms with E-state index in [1.807, 2.05) is 6.92 Å². The summed E-state index contributed by atoms with van der Waals surface area (Å²) in [6.45, 7) is 4.18. The highest BCUT2D eigenvalue weighted by Gasteiger charge is 2.50. The van der Waals surface area contributed by atoms with Gasteiger partial charge in [0, 0.05) is 13.0 Å². The first-order valence-electron chi connectivity index (χ1n) is 4.87. The quantitative estimate of drug-likeness (QED) is 0.610. The highest BCUT2D eigenvalue weighted by atomic mass is 16.5. The van der Waals surface area contributed by atoms with Crippen molar-refractivity contribution in [2.75, 3.05) is 7.11 Å². The summed E-state index contributed by atoms with van der Waals surface area (Å²) in [6.07, 6.45) is 0.649. The number of fused-ring (bicyclic) bond motifs is 2. The summed E-state index contributed by atoms with van der Waals surface area (Å²) in [6, 6.07) is 0. The number of ether oxygens (including phenoxy) is 2. The van der Waals surface area contributed by atoms with Crippen molar-refractivity contribution >= 4 is 5.78 Å². The van der Waals surface area contributed by atoms with Crippen LogP contribution in [0.3, 0.4) is 0 Å². The van der Waals surface area contributed by atoms with E-state index in [0.717, 1.165) is 6.42 Å². The Kier molecular flexibility index (Phi) is 2.16. The molecule has 74 valence electrons. The Morgan fingerprint density at radius 2 is 2.15 bits per heavy atom. The third kappa shape index (κ3) is 1.22. The molecular formula is C10H16O3. The maximum absolute atomic E-state index is 11.7. The second-order valence-corrected chi connectivity index (χ2v) is 4.22. The van der Waals surface area contributed by atoms with Gasteiger partial charge in [0.25, 0.3) is 0 Å². The smallest absolute Gasteiger partial charge is 0.190 e. The molecule has 0 aromatic carbocycles. The number of ketones is 1. The number of hydrogen-bond donors (Lipinski definition) is 0. The van der Waals surface area contributed by atoms with Crippen LogP contribution in [0.1, 0.15) is 20.3 Å². The second kappa shape index (κ2) is 3.07. The molecule has 0 saturated carbocycles. The van der Waals surface area contributed by atoms with E-state index in [1.54, 1.807) is 7.11 Å². The number of methoxy groups -OCH3 is 1. The second-order valence-electron chi connectivity index (χ2n) is 4.22. The summed E-state index contributed by atoms with van der Waals surface area (Å²) in [7, 11) is 1.61. The highest BCUT2D eigenvalue weighted by Crippen LogP contribution is 2.39. The van der Waals surface area contributed by atoms with Gasteiger partial charge in [0.05, 0.1) is 6.10 Å². The molecule has 0 spiro atoms. The normalized spacial score (nSPS) is 49.8. The first-order chi connectivity index (χ1) is 6.15. The fraction of sp³-hybridized carbons (Fsp3) is 0.900. The predicted molar refractivity (Wildman–Crippen MR) is 47.4 cm³/mol. The van der Waals surface area contributed by atoms with Crippen molar-refractivity contribution in [3.8, 4) is 0 Å². The van der Waals surface area contributed by atoms with Crippen molar-refractivity contribution in [3.63, 3.8) is 0 Å². The van der Waals surface area contributed by atoms with Crippen molar-refractivity contribution in [3.05, 3.63) is 0 Å². The first-order valence-corrected chi connectivity index (χ1v) is 4.87. The summed E-state index contributed by atoms with van der Waals surface area (Å²) in [5, 5.41) is 0. The van der Waals surface area contributed by atoms with Crippen LogP contribution in [0.5, 0.6) is 0 Å². The molecule has 2 rings (SSSR count). The van der Waals surface area contributed by atoms with Crippen LogP contribution in [0.15, 0.2) is 0 Å². The van der Waals surface area contributed by atoms with Gasteiger partial charge in [-0.1, -0.05) is 13.8 Å². The van der Waals surface area contributed by atoms with E-state index < -0.39 is 0 Å². The Labute approximate surface area is 78.4 Å². The minimum Gasteiger partial charge on any atom is -0.373 e. The number of Topliss-reactive ketones (excluding diaryl/α,β-unsaturated/α-hetero) is 1. The summed E-state index contributed by atoms with van der Waals surface area (Å²) >= 11 is 0. The molecule has 0 radical (unpaired) electrons. The molecule has 0 aliphatic carbocycles. The van der Waals surface area contributed by atoms with Crippen molar-refractivity contribution in [1.82, 2.24) is 0 Å². The van der Waals surface area contributed by atoms with Crippen LogP contribution in [-0.2, 0) is 14.3 Å². The molecule has 2 fully saturated rings. The van der Waals surface area contributed by atoms with E-state index >= 15 is 0 Å². The molecule has 0 amide bonds. The first kappa shape index (κ1) is 9.16. The monoisotopic (exact) mass is 184 g/mol. The van der Waals surface area contributed by atoms with Gasteiger partial charge in [-0.25, -0.2) is 0 Å². The molecule has 2 aliphatic heterocycles. The molecule has 3 heteroatoms. The van der Waals surface area contributed by atoms with Gasteiger partial charge in [-0.05, 0) is 12.3 Å². The summed E-state index contributed by atoms with van der Waals surface area (Å²) in [4.78, 5) is 11.7. The molecule has 2 aliphatic rings. The molecule has 3 nitrogen and oxygen atoms in total. The van der Waals surface area contributed by atoms with Crippen molar-refractivity contribution in [2.24, 2.45) is 11.8 Å². The maximum Gasteiger partial charge on any atom is 0.190 e. The van der Waals surface area contributed by atoms with Gasteiger partial charge < -0.3 is 9.47 Å². The Morgan fingerprint density at radius 3 is 2.77 bits per heavy atom. The van der Waals surface area contributed by atoms with Crippen molar-refractivity contribution in [1.29, 1.82) is 0 Å². The topological polar surface area (TPSA) is 35.5 Å². The maximum atomic E-state index is 11.7. The standard InChI is InChI=1S/C10H16O3/c1-5-4-7-8(11)10(12-3)6(2)9(5)13-7/h5-7,9-10H,4H2,1-3H3/t5?,6?,7-,9+,10-/m1/s1. The molecule has 0 N–H and O–H groups in total. The largest absolute Gasteiger partial charge is 0.373 e. The van der Waals surface area contributed by atoms with Gasteiger partial charge in [0.1, 0.15) is 12.2 Å². The molecule has 2 heterocycles. The van der Waals surface area contributed by atoms with Crippen LogP contribution in [-0.4, -0.2) is 31.2 Å². The zero-order chi connectivity index (χ0) is 9.59. The lowest BCUT2D eigenvalue weighted by Gasteiger charge is -2.33. The van der Waals surface area contributed by atoms with E-state index in [2.05, 4.69) is 6.92 Å². The van der Waals surface area contributed by atoms with Crippen molar-refractivity contribution < 1.29 is 14.3 Å². The summed E-state index contributed by atoms with van der Waals surface area (Å²) in [5.74, 6) is 0.825. The molecule has 2 saturated heterocycles. The van der Waals surface area contributed by atoms with E-state index in [1.165, 1.54) is 0 Å². The minimum absolute atomic E-state index is 0.135. The number of hydrogen-bond acceptors (Lipinski definition) is 3. The molecule has 2 bridgehead atoms. The van der Waals surface area contributed by atoms with Gasteiger partial charge in [-0.3, -0.25) is 4.79 Å². The van der Waals surface area contributed by atoms with Crippen molar-refractivity contribution in [2.45, 2.75) is 38.6 Å². The Hall–Kier alpha value is -0.410. The lowest BCUT2D eigenvalue weighted by Crippen LogP contribution is -2.47. The summed E-state index contributed by atoms with van der Waals surface area (Å²) in [5.41, 5.74) is 0. The molecule has 0 aromatic rings. The zero-order valence-corrected chi connectivity index (χ0v) is 8.32. The van der Waals surface area contributed by atoms with Crippen LogP contribution in [0, 0.1) is 11.8 Å². The van der Waals surface area contributed by atoms with Gasteiger partial charge in [0.2, 0.25) is 0 Å². The third-order valence-electron chi connectivity index (χ3n) is 3.32. The Balaban J connectivity index is 2.23. The summed E-state index contributed by atoms with van der Waals surface area (Å²) < 4.78 is 10.9. The van der Waals surface area contributed by atoms with Crippen LogP contribution in [0.25, 0.3) is 0 Å². The highest BCUT2D eigenvalue weighted by molar-refractivity contribution is 5.89. The van der Waals surface area contributed by atoms with Crippen LogP contribution in [0.2, 0.25) is 0 Å². The SMILES string of the molecule is CO[C@H]1C(=O)[C@H]2CC(C)[C@H](O2)C1C. The van der Waals surface area contributed by atoms with Gasteiger partial charge in [-0.15, -0.1) is 0 Å². The number of carbonyl (C=O) groups is 1. The molecule has 0 aromatic heterocycles. The van der Waals surface area contributed by atoms with Gasteiger partial charge >= 0.3 is 0 Å². The lowest BCUT2D eigenvalue weighted by atomic mass is 9.90. The fourth-order valence-electron chi connectivity index (χ4n) is 2.62. The molecule has 13 heavy (non-hydrogen) atoms. The van der Waals surface area contributed by atoms with E-state index in [0.29, 0.717) is 5.92 Å². The molecule has 2 unspecified atom stereocenters. The Morgan fingerprint density at radius 1 is 1.46 bits per heavy atom. The van der Waals surface area contributed by atoms with Crippen LogP contribution >= 0.6 is 0 Å². The van der Waals surface area contributed by atoms with E-state index in [4.69, 9.17) is 9.47 Å². The van der Waals surface area contributed by atoms with Crippen LogP contribution in [0.4, 0.5) is 0 Å². The number of rotatable bonds is 1. The minimum atomic E-state index is -0.242. The van der Waals surface area contributed by atoms with Gasteiger partial charge in [0.15, 0.2) is 5.78 Å². The number of carbonyl (C=O) groups excluding carboxylic acids is 1. The van der Waals surface area contributed by atoms with Gasteiger partial charge in [-0.2, -0.15) is 0 Å². The molecule has 5 atom stereocenters. The van der Waals surface area contributed by atoms with Crippen LogP contribution < -0.4 is 0 Å². The Bertz CT molecular complexity index is 226.